The van der Waals surface area contributed by atoms with Crippen molar-refractivity contribution in [2.45, 2.75) is 51.1 Å². The van der Waals surface area contributed by atoms with E-state index in [-0.39, 0.29) is 5.56 Å². The number of nitrogens with one attached hydrogen (secondary N) is 2. The molecule has 4 rings (SSSR count). The molecule has 2 aliphatic rings. The molecule has 0 atom stereocenters. The number of hydrogen-bond donors (Lipinski definition) is 2. The van der Waals surface area contributed by atoms with Crippen LogP contribution in [0.1, 0.15) is 43.4 Å². The van der Waals surface area contributed by atoms with E-state index in [9.17, 15) is 4.79 Å². The van der Waals surface area contributed by atoms with E-state index in [1.807, 2.05) is 30.3 Å². The van der Waals surface area contributed by atoms with Gasteiger partial charge in [0, 0.05) is 25.6 Å². The number of benzene rings is 1. The summed E-state index contributed by atoms with van der Waals surface area (Å²) in [6.07, 6.45) is 6.95. The van der Waals surface area contributed by atoms with Crippen molar-refractivity contribution in [3.8, 4) is 5.69 Å². The summed E-state index contributed by atoms with van der Waals surface area (Å²) in [5, 5.41) is 6.86. The summed E-state index contributed by atoms with van der Waals surface area (Å²) in [5.41, 5.74) is 2.68. The lowest BCUT2D eigenvalue weighted by Gasteiger charge is -2.26. The lowest BCUT2D eigenvalue weighted by atomic mass is 9.96. The van der Waals surface area contributed by atoms with Crippen molar-refractivity contribution in [1.82, 2.24) is 14.9 Å². The highest BCUT2D eigenvalue weighted by Crippen LogP contribution is 2.23. The Morgan fingerprint density at radius 1 is 1.12 bits per heavy atom. The van der Waals surface area contributed by atoms with Gasteiger partial charge in [-0.3, -0.25) is 4.79 Å². The molecular formula is C19H24N4O. The van der Waals surface area contributed by atoms with E-state index in [4.69, 9.17) is 4.98 Å². The molecule has 1 fully saturated rings. The second kappa shape index (κ2) is 6.77. The molecule has 2 N–H and O–H groups in total. The number of fused-ring (bicyclic) bond motifs is 1. The third kappa shape index (κ3) is 2.96. The highest BCUT2D eigenvalue weighted by atomic mass is 16.1. The van der Waals surface area contributed by atoms with Gasteiger partial charge in [-0.2, -0.15) is 0 Å². The number of hydrogen-bond acceptors (Lipinski definition) is 4. The Hall–Kier alpha value is -2.14. The maximum Gasteiger partial charge on any atom is 0.264 e. The molecular weight excluding hydrogens is 300 g/mol. The molecule has 0 radical (unpaired) electrons. The molecule has 0 saturated heterocycles. The van der Waals surface area contributed by atoms with Crippen molar-refractivity contribution in [1.29, 1.82) is 0 Å². The molecule has 2 aromatic rings. The quantitative estimate of drug-likeness (QED) is 0.911. The summed E-state index contributed by atoms with van der Waals surface area (Å²) in [4.78, 5) is 18.0. The average molecular weight is 324 g/mol. The Bertz CT molecular complexity index is 763. The summed E-state index contributed by atoms with van der Waals surface area (Å²) in [6, 6.07) is 10.2. The molecule has 126 valence electrons. The lowest BCUT2D eigenvalue weighted by Crippen LogP contribution is -2.37. The van der Waals surface area contributed by atoms with Crippen LogP contribution in [-0.2, 0) is 13.0 Å². The van der Waals surface area contributed by atoms with Crippen LogP contribution in [0.3, 0.4) is 0 Å². The molecule has 0 amide bonds. The van der Waals surface area contributed by atoms with Crippen LogP contribution in [0, 0.1) is 0 Å². The molecule has 1 saturated carbocycles. The van der Waals surface area contributed by atoms with Gasteiger partial charge in [-0.05, 0) is 25.0 Å². The average Bonchev–Trinajstić information content (AvgIpc) is 2.64. The summed E-state index contributed by atoms with van der Waals surface area (Å²) < 4.78 is 1.75. The Morgan fingerprint density at radius 3 is 2.71 bits per heavy atom. The van der Waals surface area contributed by atoms with Crippen LogP contribution in [0.4, 0.5) is 5.95 Å². The third-order valence-electron chi connectivity index (χ3n) is 5.06. The zero-order valence-electron chi connectivity index (χ0n) is 13.9. The molecule has 2 heterocycles. The van der Waals surface area contributed by atoms with Crippen molar-refractivity contribution < 1.29 is 0 Å². The van der Waals surface area contributed by atoms with Crippen LogP contribution in [0.2, 0.25) is 0 Å². The molecule has 5 nitrogen and oxygen atoms in total. The maximum atomic E-state index is 13.1. The third-order valence-corrected chi connectivity index (χ3v) is 5.06. The predicted molar refractivity (Wildman–Crippen MR) is 95.7 cm³/mol. The number of rotatable bonds is 3. The second-order valence-corrected chi connectivity index (χ2v) is 6.74. The van der Waals surface area contributed by atoms with E-state index in [0.717, 1.165) is 42.8 Å². The normalized spacial score (nSPS) is 18.2. The van der Waals surface area contributed by atoms with Gasteiger partial charge in [-0.25, -0.2) is 9.55 Å². The summed E-state index contributed by atoms with van der Waals surface area (Å²) >= 11 is 0. The minimum Gasteiger partial charge on any atom is -0.353 e. The first-order valence-electron chi connectivity index (χ1n) is 9.00. The van der Waals surface area contributed by atoms with Crippen molar-refractivity contribution in [3.05, 3.63) is 51.9 Å². The highest BCUT2D eigenvalue weighted by molar-refractivity contribution is 5.44. The van der Waals surface area contributed by atoms with E-state index in [1.54, 1.807) is 4.57 Å². The van der Waals surface area contributed by atoms with Crippen LogP contribution in [-0.4, -0.2) is 22.1 Å². The van der Waals surface area contributed by atoms with Crippen LogP contribution in [0.15, 0.2) is 35.1 Å². The first-order chi connectivity index (χ1) is 11.8. The van der Waals surface area contributed by atoms with Gasteiger partial charge in [0.25, 0.3) is 5.56 Å². The van der Waals surface area contributed by atoms with Gasteiger partial charge in [0.1, 0.15) is 0 Å². The topological polar surface area (TPSA) is 59.0 Å². The van der Waals surface area contributed by atoms with Gasteiger partial charge in [0.05, 0.1) is 16.9 Å². The van der Waals surface area contributed by atoms with Crippen LogP contribution < -0.4 is 16.2 Å². The van der Waals surface area contributed by atoms with E-state index >= 15 is 0 Å². The van der Waals surface area contributed by atoms with E-state index in [2.05, 4.69) is 10.6 Å². The van der Waals surface area contributed by atoms with Crippen LogP contribution in [0.25, 0.3) is 5.69 Å². The fourth-order valence-corrected chi connectivity index (χ4v) is 3.75. The van der Waals surface area contributed by atoms with Crippen LogP contribution >= 0.6 is 0 Å². The zero-order valence-corrected chi connectivity index (χ0v) is 13.9. The Labute approximate surface area is 142 Å². The molecule has 1 aromatic heterocycles. The molecule has 5 heteroatoms. The molecule has 1 aliphatic heterocycles. The fourth-order valence-electron chi connectivity index (χ4n) is 3.75. The fraction of sp³-hybridized carbons (Fsp3) is 0.474. The lowest BCUT2D eigenvalue weighted by molar-refractivity contribution is 0.459. The molecule has 1 aromatic carbocycles. The van der Waals surface area contributed by atoms with Crippen molar-refractivity contribution >= 4 is 5.95 Å². The van der Waals surface area contributed by atoms with E-state index in [1.165, 1.54) is 19.3 Å². The Kier molecular flexibility index (Phi) is 4.34. The summed E-state index contributed by atoms with van der Waals surface area (Å²) in [5.74, 6) is 0.707. The predicted octanol–water partition coefficient (Wildman–Crippen LogP) is 2.62. The largest absolute Gasteiger partial charge is 0.353 e. The number of nitrogens with zero attached hydrogens (tertiary/aromatic N) is 2. The van der Waals surface area contributed by atoms with Gasteiger partial charge in [-0.15, -0.1) is 0 Å². The van der Waals surface area contributed by atoms with Gasteiger partial charge in [-0.1, -0.05) is 37.5 Å². The first kappa shape index (κ1) is 15.4. The molecule has 0 bridgehead atoms. The number of anilines is 1. The molecule has 0 spiro atoms. The number of aromatic nitrogens is 2. The maximum absolute atomic E-state index is 13.1. The summed E-state index contributed by atoms with van der Waals surface area (Å²) in [6.45, 7) is 1.50. The first-order valence-corrected chi connectivity index (χ1v) is 9.00. The minimum atomic E-state index is 0.0525. The monoisotopic (exact) mass is 324 g/mol. The molecule has 1 aliphatic carbocycles. The van der Waals surface area contributed by atoms with Crippen molar-refractivity contribution in [3.63, 3.8) is 0 Å². The van der Waals surface area contributed by atoms with E-state index < -0.39 is 0 Å². The zero-order chi connectivity index (χ0) is 16.4. The summed E-state index contributed by atoms with van der Waals surface area (Å²) in [7, 11) is 0. The Balaban J connectivity index is 1.80. The van der Waals surface area contributed by atoms with Crippen LogP contribution in [0.5, 0.6) is 0 Å². The number of para-hydroxylation sites is 1. The van der Waals surface area contributed by atoms with E-state index in [0.29, 0.717) is 18.5 Å². The second-order valence-electron chi connectivity index (χ2n) is 6.74. The highest BCUT2D eigenvalue weighted by Gasteiger charge is 2.22. The SMILES string of the molecule is O=c1c2c(nc(NC3CCCCC3)n1-c1ccccc1)CCNC2. The molecule has 24 heavy (non-hydrogen) atoms. The molecule has 0 unspecified atom stereocenters. The smallest absolute Gasteiger partial charge is 0.264 e. The van der Waals surface area contributed by atoms with Crippen molar-refractivity contribution in [2.75, 3.05) is 11.9 Å². The van der Waals surface area contributed by atoms with Gasteiger partial charge in [0.2, 0.25) is 5.95 Å². The Morgan fingerprint density at radius 2 is 1.92 bits per heavy atom. The standard InChI is InChI=1S/C19H24N4O/c24-18-16-13-20-12-11-17(16)22-19(21-14-7-3-1-4-8-14)23(18)15-9-5-2-6-10-15/h2,5-6,9-10,14,20H,1,3-4,7-8,11-13H2,(H,21,22). The van der Waals surface area contributed by atoms with Gasteiger partial charge >= 0.3 is 0 Å². The van der Waals surface area contributed by atoms with Crippen molar-refractivity contribution in [2.24, 2.45) is 0 Å². The minimum absolute atomic E-state index is 0.0525. The van der Waals surface area contributed by atoms with Gasteiger partial charge < -0.3 is 10.6 Å². The van der Waals surface area contributed by atoms with Gasteiger partial charge in [0.15, 0.2) is 0 Å².